The first-order valence-corrected chi connectivity index (χ1v) is 16.5. The quantitative estimate of drug-likeness (QED) is 0.226. The van der Waals surface area contributed by atoms with E-state index in [9.17, 15) is 17.8 Å². The molecule has 1 atom stereocenters. The minimum Gasteiger partial charge on any atom is -0.488 e. The molecule has 3 aromatic rings. The van der Waals surface area contributed by atoms with Crippen molar-refractivity contribution in [3.05, 3.63) is 59.8 Å². The smallest absolute Gasteiger partial charge is 0.352 e. The lowest BCUT2D eigenvalue weighted by Crippen LogP contribution is -2.19. The van der Waals surface area contributed by atoms with Crippen LogP contribution in [0.3, 0.4) is 0 Å². The molecule has 0 saturated heterocycles. The van der Waals surface area contributed by atoms with Gasteiger partial charge in [0, 0.05) is 31.1 Å². The molecule has 0 unspecified atom stereocenters. The monoisotopic (exact) mass is 609 g/mol. The van der Waals surface area contributed by atoms with E-state index < -0.39 is 23.3 Å². The van der Waals surface area contributed by atoms with Crippen LogP contribution in [0.5, 0.6) is 17.2 Å². The topological polar surface area (TPSA) is 144 Å². The largest absolute Gasteiger partial charge is 0.488 e. The highest BCUT2D eigenvalue weighted by Crippen LogP contribution is 2.50. The normalized spacial score (nSPS) is 12.6. The van der Waals surface area contributed by atoms with E-state index in [1.807, 2.05) is 6.92 Å². The number of carbonyl (C=O) groups excluding carboxylic acids is 1. The van der Waals surface area contributed by atoms with Crippen LogP contribution >= 0.6 is 7.60 Å². The average Bonchev–Trinajstić information content (AvgIpc) is 3.21. The molecular weight excluding hydrogens is 573 g/mol. The molecule has 12 nitrogen and oxygen atoms in total. The standard InChI is InChI=1S/C27H36N3O9PS/c1-7-36-40(32,37-8-2)18-30-26(13-19(3)29-30)28-27(31)21-14-23(38-20(4)17-35-5)16-24(15-21)39-22-9-11-25(12-10-22)41(6,33)34/h9-16,20H,7-8,17-18H2,1-6H3,(H,28,31)/t20-/m0/s1. The zero-order valence-corrected chi connectivity index (χ0v) is 25.7. The van der Waals surface area contributed by atoms with Crippen LogP contribution < -0.4 is 14.8 Å². The van der Waals surface area contributed by atoms with Crippen molar-refractivity contribution in [1.82, 2.24) is 9.78 Å². The highest BCUT2D eigenvalue weighted by Gasteiger charge is 2.27. The zero-order chi connectivity index (χ0) is 30.2. The van der Waals surface area contributed by atoms with Crippen LogP contribution in [-0.2, 0) is 34.5 Å². The van der Waals surface area contributed by atoms with Gasteiger partial charge in [0.25, 0.3) is 5.91 Å². The predicted molar refractivity (Wildman–Crippen MR) is 154 cm³/mol. The first-order valence-electron chi connectivity index (χ1n) is 12.9. The van der Waals surface area contributed by atoms with Gasteiger partial charge in [-0.1, -0.05) is 0 Å². The van der Waals surface area contributed by atoms with Crippen molar-refractivity contribution in [2.45, 2.75) is 45.0 Å². The first kappa shape index (κ1) is 32.3. The second-order valence-electron chi connectivity index (χ2n) is 9.14. The lowest BCUT2D eigenvalue weighted by Gasteiger charge is -2.18. The third kappa shape index (κ3) is 9.40. The van der Waals surface area contributed by atoms with Gasteiger partial charge in [0.2, 0.25) is 0 Å². The van der Waals surface area contributed by atoms with Crippen molar-refractivity contribution in [2.75, 3.05) is 38.5 Å². The number of amides is 1. The molecule has 1 amide bonds. The highest BCUT2D eigenvalue weighted by atomic mass is 32.2. The van der Waals surface area contributed by atoms with Crippen molar-refractivity contribution >= 4 is 29.2 Å². The molecule has 1 heterocycles. The highest BCUT2D eigenvalue weighted by molar-refractivity contribution is 7.90. The van der Waals surface area contributed by atoms with Crippen LogP contribution in [0.15, 0.2) is 53.4 Å². The maximum absolute atomic E-state index is 13.4. The van der Waals surface area contributed by atoms with Crippen LogP contribution in [0.4, 0.5) is 5.82 Å². The van der Waals surface area contributed by atoms with Gasteiger partial charge in [0.05, 0.1) is 30.4 Å². The second kappa shape index (κ2) is 14.1. The Bertz CT molecular complexity index is 1480. The molecule has 0 saturated carbocycles. The summed E-state index contributed by atoms with van der Waals surface area (Å²) < 4.78 is 65.8. The van der Waals surface area contributed by atoms with E-state index >= 15 is 0 Å². The van der Waals surface area contributed by atoms with Gasteiger partial charge in [0.15, 0.2) is 9.84 Å². The lowest BCUT2D eigenvalue weighted by atomic mass is 10.2. The fourth-order valence-electron chi connectivity index (χ4n) is 3.84. The summed E-state index contributed by atoms with van der Waals surface area (Å²) in [5, 5.41) is 7.15. The molecule has 41 heavy (non-hydrogen) atoms. The van der Waals surface area contributed by atoms with Crippen molar-refractivity contribution in [3.63, 3.8) is 0 Å². The van der Waals surface area contributed by atoms with E-state index in [4.69, 9.17) is 23.3 Å². The number of nitrogens with zero attached hydrogens (tertiary/aromatic N) is 2. The molecule has 3 rings (SSSR count). The Morgan fingerprint density at radius 3 is 2.24 bits per heavy atom. The molecule has 0 bridgehead atoms. The van der Waals surface area contributed by atoms with E-state index in [1.165, 1.54) is 35.0 Å². The van der Waals surface area contributed by atoms with Crippen molar-refractivity contribution in [3.8, 4) is 17.2 Å². The summed E-state index contributed by atoms with van der Waals surface area (Å²) >= 11 is 0. The molecule has 224 valence electrons. The Hall–Kier alpha value is -3.22. The Balaban J connectivity index is 1.91. The zero-order valence-electron chi connectivity index (χ0n) is 23.9. The Morgan fingerprint density at radius 1 is 1.02 bits per heavy atom. The van der Waals surface area contributed by atoms with Gasteiger partial charge >= 0.3 is 7.60 Å². The third-order valence-electron chi connectivity index (χ3n) is 5.47. The number of rotatable bonds is 15. The van der Waals surface area contributed by atoms with Gasteiger partial charge in [-0.2, -0.15) is 5.10 Å². The molecule has 0 aliphatic rings. The Morgan fingerprint density at radius 2 is 1.66 bits per heavy atom. The molecule has 0 spiro atoms. The molecule has 1 N–H and O–H groups in total. The summed E-state index contributed by atoms with van der Waals surface area (Å²) in [5.41, 5.74) is 0.796. The minimum atomic E-state index is -3.50. The molecule has 14 heteroatoms. The number of anilines is 1. The molecule has 2 aromatic carbocycles. The average molecular weight is 610 g/mol. The summed E-state index contributed by atoms with van der Waals surface area (Å²) in [4.78, 5) is 13.6. The second-order valence-corrected chi connectivity index (χ2v) is 13.2. The number of hydrogen-bond donors (Lipinski definition) is 1. The van der Waals surface area contributed by atoms with Gasteiger partial charge < -0.3 is 28.6 Å². The van der Waals surface area contributed by atoms with Crippen LogP contribution in [0, 0.1) is 6.92 Å². The van der Waals surface area contributed by atoms with E-state index in [0.717, 1.165) is 6.26 Å². The van der Waals surface area contributed by atoms with E-state index in [2.05, 4.69) is 10.4 Å². The predicted octanol–water partition coefficient (Wildman–Crippen LogP) is 5.28. The van der Waals surface area contributed by atoms with Gasteiger partial charge in [0.1, 0.15) is 35.5 Å². The molecule has 1 aromatic heterocycles. The van der Waals surface area contributed by atoms with Gasteiger partial charge in [-0.25, -0.2) is 13.1 Å². The summed E-state index contributed by atoms with van der Waals surface area (Å²) in [5.74, 6) is 0.793. The number of ether oxygens (including phenoxy) is 3. The van der Waals surface area contributed by atoms with Crippen LogP contribution in [0.1, 0.15) is 36.8 Å². The van der Waals surface area contributed by atoms with Crippen LogP contribution in [-0.4, -0.2) is 63.4 Å². The number of aromatic nitrogens is 2. The van der Waals surface area contributed by atoms with E-state index in [-0.39, 0.29) is 41.8 Å². The van der Waals surface area contributed by atoms with Crippen molar-refractivity contribution in [1.29, 1.82) is 0 Å². The Kier molecular flexibility index (Phi) is 11.1. The number of sulfone groups is 1. The van der Waals surface area contributed by atoms with E-state index in [0.29, 0.717) is 29.6 Å². The molecular formula is C27H36N3O9PS. The maximum atomic E-state index is 13.4. The third-order valence-corrected chi connectivity index (χ3v) is 8.52. The van der Waals surface area contributed by atoms with Crippen molar-refractivity contribution < 1.29 is 41.0 Å². The first-order chi connectivity index (χ1) is 19.4. The van der Waals surface area contributed by atoms with Gasteiger partial charge in [-0.3, -0.25) is 9.36 Å². The number of nitrogens with one attached hydrogen (secondary N) is 1. The van der Waals surface area contributed by atoms with Gasteiger partial charge in [-0.05, 0) is 64.1 Å². The number of carbonyl (C=O) groups is 1. The van der Waals surface area contributed by atoms with E-state index in [1.54, 1.807) is 46.1 Å². The molecule has 0 aliphatic carbocycles. The summed E-state index contributed by atoms with van der Waals surface area (Å²) in [6.45, 7) is 7.68. The maximum Gasteiger partial charge on any atom is 0.352 e. The number of methoxy groups -OCH3 is 1. The van der Waals surface area contributed by atoms with Gasteiger partial charge in [-0.15, -0.1) is 0 Å². The summed E-state index contributed by atoms with van der Waals surface area (Å²) in [6, 6.07) is 12.2. The minimum absolute atomic E-state index is 0.153. The van der Waals surface area contributed by atoms with Crippen molar-refractivity contribution in [2.24, 2.45) is 0 Å². The molecule has 0 fully saturated rings. The fraction of sp³-hybridized carbons (Fsp3) is 0.407. The van der Waals surface area contributed by atoms with Crippen LogP contribution in [0.25, 0.3) is 0 Å². The SMILES string of the molecule is CCOP(=O)(Cn1nc(C)cc1NC(=O)c1cc(Oc2ccc(S(C)(=O)=O)cc2)cc(O[C@@H](C)COC)c1)OCC. The Labute approximate surface area is 240 Å². The van der Waals surface area contributed by atoms with Crippen LogP contribution in [0.2, 0.25) is 0 Å². The number of benzene rings is 2. The number of hydrogen-bond acceptors (Lipinski definition) is 10. The fourth-order valence-corrected chi connectivity index (χ4v) is 6.04. The summed E-state index contributed by atoms with van der Waals surface area (Å²) in [6.07, 6.45) is 0.610. The molecule has 0 radical (unpaired) electrons. The summed E-state index contributed by atoms with van der Waals surface area (Å²) in [7, 11) is -5.31. The lowest BCUT2D eigenvalue weighted by molar-refractivity contribution is 0.0915. The number of aryl methyl sites for hydroxylation is 1. The molecule has 0 aliphatic heterocycles.